The second kappa shape index (κ2) is 24.2. The van der Waals surface area contributed by atoms with E-state index in [2.05, 4.69) is 26.3 Å². The van der Waals surface area contributed by atoms with Gasteiger partial charge in [0, 0.05) is 125 Å². The Morgan fingerprint density at radius 1 is 0.909 bits per heavy atom. The number of halogens is 2. The predicted octanol–water partition coefficient (Wildman–Crippen LogP) is 6.54. The molecule has 0 saturated carbocycles. The number of benzene rings is 2. The number of unbranched alkanes of at least 4 members (excludes halogenated alkanes) is 6. The van der Waals surface area contributed by atoms with E-state index >= 15 is 0 Å². The number of piperidine rings is 3. The highest BCUT2D eigenvalue weighted by molar-refractivity contribution is 6.11. The summed E-state index contributed by atoms with van der Waals surface area (Å²) in [7, 11) is 1.57. The first-order valence-corrected chi connectivity index (χ1v) is 23.8. The molecule has 0 bridgehead atoms. The van der Waals surface area contributed by atoms with Gasteiger partial charge in [0.1, 0.15) is 11.9 Å². The molecule has 6 rings (SSSR count). The summed E-state index contributed by atoms with van der Waals surface area (Å²) in [5, 5.41) is 21.8. The van der Waals surface area contributed by atoms with Crippen LogP contribution in [0.15, 0.2) is 47.6 Å². The average molecular weight is 915 g/mol. The topological polar surface area (TPSA) is 205 Å². The summed E-state index contributed by atoms with van der Waals surface area (Å²) in [5.41, 5.74) is 9.23. The van der Waals surface area contributed by atoms with Gasteiger partial charge in [-0.2, -0.15) is 0 Å². The number of rotatable bonds is 19. The van der Waals surface area contributed by atoms with Crippen LogP contribution in [-0.2, 0) is 30.4 Å². The fraction of sp³-hybridized carbons (Fsp3) is 0.571. The monoisotopic (exact) mass is 915 g/mol. The van der Waals surface area contributed by atoms with E-state index in [1.54, 1.807) is 43.1 Å². The number of allylic oxidation sites excluding steroid dienone is 1. The molecule has 358 valence electrons. The van der Waals surface area contributed by atoms with E-state index in [0.717, 1.165) is 69.8 Å². The van der Waals surface area contributed by atoms with Gasteiger partial charge in [0.2, 0.25) is 29.5 Å². The van der Waals surface area contributed by atoms with Gasteiger partial charge in [-0.1, -0.05) is 38.2 Å². The number of alkyl halides is 2. The fourth-order valence-corrected chi connectivity index (χ4v) is 9.73. The van der Waals surface area contributed by atoms with Crippen LogP contribution < -0.4 is 31.9 Å². The molecule has 17 heteroatoms. The minimum Gasteiger partial charge on any atom is -0.404 e. The third-order valence-electron chi connectivity index (χ3n) is 13.4. The van der Waals surface area contributed by atoms with Crippen molar-refractivity contribution in [3.05, 3.63) is 59.3 Å². The van der Waals surface area contributed by atoms with Gasteiger partial charge in [-0.05, 0) is 92.8 Å². The van der Waals surface area contributed by atoms with Gasteiger partial charge < -0.3 is 36.4 Å². The minimum absolute atomic E-state index is 0.0534. The molecule has 2 aromatic carbocycles. The Labute approximate surface area is 387 Å². The number of carbonyl (C=O) groups is 5. The summed E-state index contributed by atoms with van der Waals surface area (Å²) in [6, 6.07) is 10.0. The molecule has 7 N–H and O–H groups in total. The zero-order valence-electron chi connectivity index (χ0n) is 38.5. The van der Waals surface area contributed by atoms with Gasteiger partial charge in [0.15, 0.2) is 0 Å². The summed E-state index contributed by atoms with van der Waals surface area (Å²) in [5.74, 6) is -0.580. The molecule has 5 amide bonds. The van der Waals surface area contributed by atoms with Crippen molar-refractivity contribution in [3.8, 4) is 0 Å². The number of fused-ring (bicyclic) bond motifs is 1. The number of hydrogen-bond donors (Lipinski definition) is 6. The quantitative estimate of drug-likeness (QED) is 0.0391. The van der Waals surface area contributed by atoms with E-state index in [1.165, 1.54) is 18.5 Å². The Bertz CT molecular complexity index is 2120. The van der Waals surface area contributed by atoms with Crippen molar-refractivity contribution in [2.45, 2.75) is 134 Å². The van der Waals surface area contributed by atoms with Crippen molar-refractivity contribution in [1.82, 2.24) is 20.4 Å². The molecular formula is C49H68F2N10O5. The lowest BCUT2D eigenvalue weighted by Crippen LogP contribution is -2.59. The lowest BCUT2D eigenvalue weighted by Gasteiger charge is -2.45. The van der Waals surface area contributed by atoms with Gasteiger partial charge in [0.25, 0.3) is 6.43 Å². The Kier molecular flexibility index (Phi) is 18.2. The molecule has 4 aliphatic rings. The highest BCUT2D eigenvalue weighted by Gasteiger charge is 2.39. The zero-order valence-corrected chi connectivity index (χ0v) is 38.5. The number of likely N-dealkylation sites (tertiary alicyclic amines) is 2. The zero-order chi connectivity index (χ0) is 47.2. The lowest BCUT2D eigenvalue weighted by atomic mass is 9.86. The molecule has 2 aromatic rings. The number of aryl methyl sites for hydroxylation is 1. The molecule has 3 atom stereocenters. The van der Waals surface area contributed by atoms with Crippen LogP contribution in [0.1, 0.15) is 126 Å². The molecule has 3 fully saturated rings. The maximum absolute atomic E-state index is 14.5. The minimum atomic E-state index is -2.76. The predicted molar refractivity (Wildman–Crippen MR) is 255 cm³/mol. The van der Waals surface area contributed by atoms with Crippen LogP contribution in [0.3, 0.4) is 0 Å². The van der Waals surface area contributed by atoms with Crippen molar-refractivity contribution in [2.24, 2.45) is 16.6 Å². The summed E-state index contributed by atoms with van der Waals surface area (Å²) < 4.78 is 29.1. The Hall–Kier alpha value is -5.71. The molecule has 15 nitrogen and oxygen atoms in total. The highest BCUT2D eigenvalue weighted by atomic mass is 19.3. The third kappa shape index (κ3) is 13.4. The van der Waals surface area contributed by atoms with Crippen LogP contribution in [0.25, 0.3) is 5.57 Å². The molecule has 3 unspecified atom stereocenters. The van der Waals surface area contributed by atoms with Crippen molar-refractivity contribution in [3.63, 3.8) is 0 Å². The number of carbonyl (C=O) groups excluding carboxylic acids is 5. The molecule has 66 heavy (non-hydrogen) atoms. The molecule has 0 radical (unpaired) electrons. The number of amides is 5. The number of nitrogens with zero attached hydrogens (tertiary/aromatic N) is 4. The second-order valence-electron chi connectivity index (χ2n) is 18.1. The maximum Gasteiger partial charge on any atom is 0.264 e. The van der Waals surface area contributed by atoms with E-state index in [-0.39, 0.29) is 59.5 Å². The molecular weight excluding hydrogens is 847 g/mol. The second-order valence-corrected chi connectivity index (χ2v) is 18.1. The number of amidine groups is 1. The van der Waals surface area contributed by atoms with Crippen molar-refractivity contribution >= 4 is 64.2 Å². The molecule has 0 spiro atoms. The molecule has 4 heterocycles. The SMILES string of the molecule is CN=CC(=CN)c1cc2c(cc1C(F)F)N(C(=N)C1CN(C(C)=O)CCC1NC1CCN(C(=O)CCCCCCCCCC(=O)Nc3cccc(NC4CCC(=O)NC4=O)c3)CC1)CCC2. The van der Waals surface area contributed by atoms with Crippen LogP contribution in [0, 0.1) is 11.3 Å². The van der Waals surface area contributed by atoms with Crippen LogP contribution in [0.5, 0.6) is 0 Å². The van der Waals surface area contributed by atoms with E-state index in [0.29, 0.717) is 98.9 Å². The van der Waals surface area contributed by atoms with Crippen molar-refractivity contribution < 1.29 is 32.8 Å². The van der Waals surface area contributed by atoms with Crippen molar-refractivity contribution in [2.75, 3.05) is 55.3 Å². The van der Waals surface area contributed by atoms with E-state index in [4.69, 9.17) is 5.73 Å². The van der Waals surface area contributed by atoms with Crippen molar-refractivity contribution in [1.29, 1.82) is 5.41 Å². The van der Waals surface area contributed by atoms with Gasteiger partial charge >= 0.3 is 0 Å². The van der Waals surface area contributed by atoms with Crippen LogP contribution in [0.2, 0.25) is 0 Å². The fourth-order valence-electron chi connectivity index (χ4n) is 9.73. The summed E-state index contributed by atoms with van der Waals surface area (Å²) in [6.07, 6.45) is 12.0. The summed E-state index contributed by atoms with van der Waals surface area (Å²) in [4.78, 5) is 71.5. The summed E-state index contributed by atoms with van der Waals surface area (Å²) >= 11 is 0. The molecule has 0 aliphatic carbocycles. The molecule has 3 saturated heterocycles. The van der Waals surface area contributed by atoms with Crippen LogP contribution in [-0.4, -0.2) is 109 Å². The smallest absolute Gasteiger partial charge is 0.264 e. The molecule has 0 aromatic heterocycles. The number of hydrogen-bond acceptors (Lipinski definition) is 10. The third-order valence-corrected chi connectivity index (χ3v) is 13.4. The number of anilines is 3. The number of aliphatic imine (C=N–C) groups is 1. The van der Waals surface area contributed by atoms with Crippen LogP contribution in [0.4, 0.5) is 25.8 Å². The largest absolute Gasteiger partial charge is 0.404 e. The van der Waals surface area contributed by atoms with E-state index < -0.39 is 12.5 Å². The van der Waals surface area contributed by atoms with Gasteiger partial charge in [-0.15, -0.1) is 0 Å². The standard InChI is InChI=1S/C49H68F2N10O5/c1-32(62)60-25-21-41(40(31-60)48(53)61-22-11-12-33-26-38(34(29-52)30-54-2)39(47(50)51)28-43(33)61)55-35-19-23-59(24-20-35)46(65)16-9-7-5-3-4-6-8-15-44(63)57-37-14-10-13-36(27-37)56-42-17-18-45(64)58-49(42)66/h10,13-14,26-30,35,40-42,47,53,55-56H,3-9,11-12,15-25,31,52H2,1-2H3,(H,57,63)(H,58,64,66). The van der Waals surface area contributed by atoms with Gasteiger partial charge in [-0.25, -0.2) is 8.78 Å². The van der Waals surface area contributed by atoms with Gasteiger partial charge in [-0.3, -0.25) is 39.7 Å². The average Bonchev–Trinajstić information content (AvgIpc) is 3.30. The first-order chi connectivity index (χ1) is 31.8. The molecule has 4 aliphatic heterocycles. The van der Waals surface area contributed by atoms with Crippen LogP contribution >= 0.6 is 0 Å². The van der Waals surface area contributed by atoms with Gasteiger partial charge in [0.05, 0.1) is 0 Å². The Morgan fingerprint density at radius 3 is 2.29 bits per heavy atom. The number of nitrogens with two attached hydrogens (primary N) is 1. The number of imide groups is 1. The Balaban J connectivity index is 0.891. The normalized spacial score (nSPS) is 20.7. The first kappa shape index (κ1) is 49.7. The Morgan fingerprint density at radius 2 is 1.61 bits per heavy atom. The maximum atomic E-state index is 14.5. The summed E-state index contributed by atoms with van der Waals surface area (Å²) in [6.45, 7) is 4.31. The highest BCUT2D eigenvalue weighted by Crippen LogP contribution is 2.38. The van der Waals surface area contributed by atoms with E-state index in [1.807, 2.05) is 15.9 Å². The first-order valence-electron chi connectivity index (χ1n) is 23.8. The number of nitrogens with one attached hydrogen (secondary N) is 5. The van der Waals surface area contributed by atoms with E-state index in [9.17, 15) is 38.2 Å². The lowest BCUT2D eigenvalue weighted by molar-refractivity contribution is -0.134.